The molecule has 0 saturated carbocycles. The third-order valence-electron chi connectivity index (χ3n) is 3.33. The normalized spacial score (nSPS) is 11.7. The number of rotatable bonds is 7. The van der Waals surface area contributed by atoms with Crippen molar-refractivity contribution in [2.75, 3.05) is 24.8 Å². The number of hydrogen-bond acceptors (Lipinski definition) is 4. The monoisotopic (exact) mass is 312 g/mol. The van der Waals surface area contributed by atoms with Gasteiger partial charge in [-0.15, -0.1) is 11.8 Å². The van der Waals surface area contributed by atoms with E-state index in [1.165, 1.54) is 10.5 Å². The number of hydrogen-bond donors (Lipinski definition) is 1. The molecule has 0 radical (unpaired) electrons. The molecule has 0 amide bonds. The largest absolute Gasteiger partial charge is 0.384 e. The van der Waals surface area contributed by atoms with Gasteiger partial charge >= 0.3 is 0 Å². The molecule has 0 saturated heterocycles. The van der Waals surface area contributed by atoms with Gasteiger partial charge in [-0.1, -0.05) is 12.1 Å². The van der Waals surface area contributed by atoms with Gasteiger partial charge in [0.25, 0.3) is 0 Å². The second kappa shape index (κ2) is 8.47. The van der Waals surface area contributed by atoms with Crippen LogP contribution in [0.5, 0.6) is 0 Å². The molecule has 0 heterocycles. The Morgan fingerprint density at radius 2 is 1.82 bits per heavy atom. The Balaban J connectivity index is 1.94. The molecule has 3 nitrogen and oxygen atoms in total. The highest BCUT2D eigenvalue weighted by Gasteiger charge is 2.05. The number of benzene rings is 2. The van der Waals surface area contributed by atoms with Crippen LogP contribution in [-0.2, 0) is 4.74 Å². The van der Waals surface area contributed by atoms with Crippen molar-refractivity contribution in [3.63, 3.8) is 0 Å². The van der Waals surface area contributed by atoms with Gasteiger partial charge in [0.15, 0.2) is 0 Å². The maximum Gasteiger partial charge on any atom is 0.0991 e. The minimum absolute atomic E-state index is 0.214. The maximum absolute atomic E-state index is 8.81. The topological polar surface area (TPSA) is 45.0 Å². The summed E-state index contributed by atoms with van der Waals surface area (Å²) in [4.78, 5) is 1.26. The van der Waals surface area contributed by atoms with Crippen molar-refractivity contribution >= 4 is 17.4 Å². The van der Waals surface area contributed by atoms with E-state index in [0.717, 1.165) is 18.0 Å². The molecular weight excluding hydrogens is 292 g/mol. The average Bonchev–Trinajstić information content (AvgIpc) is 2.56. The minimum Gasteiger partial charge on any atom is -0.384 e. The first-order valence-electron chi connectivity index (χ1n) is 7.21. The number of nitrogens with zero attached hydrogens (tertiary/aromatic N) is 1. The van der Waals surface area contributed by atoms with E-state index in [0.29, 0.717) is 5.56 Å². The summed E-state index contributed by atoms with van der Waals surface area (Å²) in [5.74, 6) is 0.967. The van der Waals surface area contributed by atoms with Gasteiger partial charge in [0.05, 0.1) is 18.2 Å². The fourth-order valence-electron chi connectivity index (χ4n) is 2.07. The molecule has 1 unspecified atom stereocenters. The quantitative estimate of drug-likeness (QED) is 0.605. The van der Waals surface area contributed by atoms with Crippen molar-refractivity contribution < 1.29 is 4.74 Å². The van der Waals surface area contributed by atoms with E-state index >= 15 is 0 Å². The van der Waals surface area contributed by atoms with Gasteiger partial charge in [-0.25, -0.2) is 0 Å². The molecule has 2 aromatic rings. The third kappa shape index (κ3) is 4.80. The van der Waals surface area contributed by atoms with Gasteiger partial charge in [0.1, 0.15) is 0 Å². The Kier molecular flexibility index (Phi) is 6.32. The maximum atomic E-state index is 8.81. The molecule has 0 aromatic heterocycles. The SMILES string of the molecule is COCCSc1ccc(C(C)Nc2ccc(C#N)cc2)cc1. The molecule has 2 rings (SSSR count). The van der Waals surface area contributed by atoms with Crippen LogP contribution in [0.2, 0.25) is 0 Å². The summed E-state index contributed by atoms with van der Waals surface area (Å²) in [7, 11) is 1.72. The first kappa shape index (κ1) is 16.4. The molecule has 0 fully saturated rings. The van der Waals surface area contributed by atoms with E-state index in [2.05, 4.69) is 42.6 Å². The molecular formula is C18H20N2OS. The molecule has 114 valence electrons. The van der Waals surface area contributed by atoms with Crippen LogP contribution in [0.3, 0.4) is 0 Å². The fraction of sp³-hybridized carbons (Fsp3) is 0.278. The van der Waals surface area contributed by atoms with Crippen LogP contribution in [0, 0.1) is 11.3 Å². The van der Waals surface area contributed by atoms with Crippen molar-refractivity contribution in [2.24, 2.45) is 0 Å². The number of thioether (sulfide) groups is 1. The molecule has 0 aliphatic rings. The van der Waals surface area contributed by atoms with Crippen LogP contribution in [0.25, 0.3) is 0 Å². The van der Waals surface area contributed by atoms with E-state index in [9.17, 15) is 0 Å². The van der Waals surface area contributed by atoms with E-state index in [4.69, 9.17) is 10.00 Å². The first-order valence-corrected chi connectivity index (χ1v) is 8.20. The van der Waals surface area contributed by atoms with Crippen molar-refractivity contribution in [3.8, 4) is 6.07 Å². The van der Waals surface area contributed by atoms with Crippen LogP contribution in [0.1, 0.15) is 24.1 Å². The van der Waals surface area contributed by atoms with E-state index in [1.54, 1.807) is 18.9 Å². The van der Waals surface area contributed by atoms with Gasteiger partial charge in [-0.05, 0) is 48.9 Å². The molecule has 1 atom stereocenters. The molecule has 0 bridgehead atoms. The molecule has 22 heavy (non-hydrogen) atoms. The lowest BCUT2D eigenvalue weighted by Gasteiger charge is -2.16. The summed E-state index contributed by atoms with van der Waals surface area (Å²) < 4.78 is 5.06. The van der Waals surface area contributed by atoms with Crippen LogP contribution < -0.4 is 5.32 Å². The zero-order chi connectivity index (χ0) is 15.8. The molecule has 1 N–H and O–H groups in total. The Labute approximate surface area is 136 Å². The van der Waals surface area contributed by atoms with Crippen molar-refractivity contribution in [1.29, 1.82) is 5.26 Å². The number of ether oxygens (including phenoxy) is 1. The van der Waals surface area contributed by atoms with Gasteiger partial charge in [-0.2, -0.15) is 5.26 Å². The lowest BCUT2D eigenvalue weighted by molar-refractivity contribution is 0.218. The zero-order valence-electron chi connectivity index (χ0n) is 12.9. The summed E-state index contributed by atoms with van der Waals surface area (Å²) in [5, 5.41) is 12.3. The van der Waals surface area contributed by atoms with Crippen molar-refractivity contribution in [3.05, 3.63) is 59.7 Å². The van der Waals surface area contributed by atoms with Gasteiger partial charge in [0, 0.05) is 29.5 Å². The highest BCUT2D eigenvalue weighted by Crippen LogP contribution is 2.23. The first-order chi connectivity index (χ1) is 10.7. The predicted molar refractivity (Wildman–Crippen MR) is 92.2 cm³/mol. The van der Waals surface area contributed by atoms with Crippen LogP contribution in [0.15, 0.2) is 53.4 Å². The van der Waals surface area contributed by atoms with Crippen molar-refractivity contribution in [2.45, 2.75) is 17.9 Å². The standard InChI is InChI=1S/C18H20N2OS/c1-14(20-17-7-3-15(13-19)4-8-17)16-5-9-18(10-6-16)22-12-11-21-2/h3-10,14,20H,11-12H2,1-2H3. The van der Waals surface area contributed by atoms with Crippen LogP contribution in [-0.4, -0.2) is 19.5 Å². The smallest absolute Gasteiger partial charge is 0.0991 e. The highest BCUT2D eigenvalue weighted by atomic mass is 32.2. The summed E-state index contributed by atoms with van der Waals surface area (Å²) >= 11 is 1.80. The number of nitriles is 1. The molecule has 4 heteroatoms. The second-order valence-electron chi connectivity index (χ2n) is 4.97. The van der Waals surface area contributed by atoms with E-state index < -0.39 is 0 Å². The predicted octanol–water partition coefficient (Wildman–Crippen LogP) is 4.47. The third-order valence-corrected chi connectivity index (χ3v) is 4.31. The Bertz CT molecular complexity index is 617. The van der Waals surface area contributed by atoms with E-state index in [-0.39, 0.29) is 6.04 Å². The van der Waals surface area contributed by atoms with Gasteiger partial charge in [0.2, 0.25) is 0 Å². The fourth-order valence-corrected chi connectivity index (χ4v) is 2.88. The lowest BCUT2D eigenvalue weighted by Crippen LogP contribution is -2.06. The van der Waals surface area contributed by atoms with Crippen LogP contribution in [0.4, 0.5) is 5.69 Å². The minimum atomic E-state index is 0.214. The van der Waals surface area contributed by atoms with Crippen LogP contribution >= 0.6 is 11.8 Å². The highest BCUT2D eigenvalue weighted by molar-refractivity contribution is 7.99. The molecule has 2 aromatic carbocycles. The Morgan fingerprint density at radius 1 is 1.14 bits per heavy atom. The summed E-state index contributed by atoms with van der Waals surface area (Å²) in [6, 6.07) is 18.4. The van der Waals surface area contributed by atoms with Gasteiger partial charge < -0.3 is 10.1 Å². The molecule has 0 spiro atoms. The Morgan fingerprint density at radius 3 is 2.41 bits per heavy atom. The molecule has 0 aliphatic heterocycles. The lowest BCUT2D eigenvalue weighted by atomic mass is 10.1. The average molecular weight is 312 g/mol. The molecule has 0 aliphatic carbocycles. The summed E-state index contributed by atoms with van der Waals surface area (Å²) in [6.07, 6.45) is 0. The van der Waals surface area contributed by atoms with Crippen molar-refractivity contribution in [1.82, 2.24) is 0 Å². The summed E-state index contributed by atoms with van der Waals surface area (Å²) in [6.45, 7) is 2.90. The number of methoxy groups -OCH3 is 1. The zero-order valence-corrected chi connectivity index (χ0v) is 13.7. The number of nitrogens with one attached hydrogen (secondary N) is 1. The Hall–Kier alpha value is -1.96. The number of anilines is 1. The van der Waals surface area contributed by atoms with E-state index in [1.807, 2.05) is 24.3 Å². The summed E-state index contributed by atoms with van der Waals surface area (Å²) in [5.41, 5.74) is 2.93. The second-order valence-corrected chi connectivity index (χ2v) is 6.13. The van der Waals surface area contributed by atoms with Gasteiger partial charge in [-0.3, -0.25) is 0 Å².